The van der Waals surface area contributed by atoms with Crippen LogP contribution in [0.25, 0.3) is 0 Å². The van der Waals surface area contributed by atoms with Crippen LogP contribution in [0.15, 0.2) is 0 Å². The summed E-state index contributed by atoms with van der Waals surface area (Å²) in [5, 5.41) is 19.1. The molecule has 4 heteroatoms. The van der Waals surface area contributed by atoms with Gasteiger partial charge in [0.05, 0.1) is 6.07 Å². The molecule has 0 aliphatic rings. The van der Waals surface area contributed by atoms with Gasteiger partial charge in [-0.2, -0.15) is 5.26 Å². The zero-order valence-corrected chi connectivity index (χ0v) is 7.59. The molecule has 0 bridgehead atoms. The minimum absolute atomic E-state index is 0.0388. The van der Waals surface area contributed by atoms with Crippen molar-refractivity contribution in [1.82, 2.24) is 5.32 Å². The highest BCUT2D eigenvalue weighted by atomic mass is 16.4. The van der Waals surface area contributed by atoms with E-state index in [9.17, 15) is 4.79 Å². The predicted octanol–water partition coefficient (Wildman–Crippen LogP) is 1.58. The maximum Gasteiger partial charge on any atom is 0.405 e. The van der Waals surface area contributed by atoms with Gasteiger partial charge < -0.3 is 10.4 Å². The third-order valence-electron chi connectivity index (χ3n) is 1.27. The number of carbonyl (C=O) groups is 1. The highest BCUT2D eigenvalue weighted by Gasteiger charge is 2.19. The zero-order chi connectivity index (χ0) is 9.78. The Kier molecular flexibility index (Phi) is 3.55. The number of rotatable bonds is 2. The summed E-state index contributed by atoms with van der Waals surface area (Å²) in [6.45, 7) is 5.88. The molecule has 0 aromatic heterocycles. The topological polar surface area (TPSA) is 73.1 Å². The standard InChI is InChI=1S/C8H14N2O2/c1-8(2,3)4-6(5-9)10-7(11)12/h6,10H,4H2,1-3H3,(H,11,12). The molecule has 0 saturated heterocycles. The number of carboxylic acid groups (broad SMARTS) is 1. The van der Waals surface area contributed by atoms with E-state index in [1.807, 2.05) is 26.8 Å². The molecule has 0 aliphatic heterocycles. The molecule has 12 heavy (non-hydrogen) atoms. The third-order valence-corrected chi connectivity index (χ3v) is 1.27. The van der Waals surface area contributed by atoms with Gasteiger partial charge >= 0.3 is 6.09 Å². The van der Waals surface area contributed by atoms with Crippen molar-refractivity contribution in [2.24, 2.45) is 5.41 Å². The smallest absolute Gasteiger partial charge is 0.405 e. The number of nitriles is 1. The molecule has 68 valence electrons. The summed E-state index contributed by atoms with van der Waals surface area (Å²) in [6, 6.07) is 1.29. The number of nitrogens with zero attached hydrogens (tertiary/aromatic N) is 1. The second kappa shape index (κ2) is 3.96. The fourth-order valence-electron chi connectivity index (χ4n) is 0.890. The lowest BCUT2D eigenvalue weighted by Crippen LogP contribution is -2.35. The normalized spacial score (nSPS) is 13.2. The zero-order valence-electron chi connectivity index (χ0n) is 7.59. The van der Waals surface area contributed by atoms with Gasteiger partial charge in [-0.3, -0.25) is 0 Å². The summed E-state index contributed by atoms with van der Waals surface area (Å²) in [6.07, 6.45) is -0.624. The van der Waals surface area contributed by atoms with E-state index in [2.05, 4.69) is 5.32 Å². The molecular formula is C8H14N2O2. The molecule has 0 heterocycles. The average Bonchev–Trinajstić information content (AvgIpc) is 1.82. The van der Waals surface area contributed by atoms with Crippen molar-refractivity contribution in [1.29, 1.82) is 5.26 Å². The van der Waals surface area contributed by atoms with Crippen LogP contribution in [0, 0.1) is 16.7 Å². The SMILES string of the molecule is CC(C)(C)CC(C#N)NC(=O)O. The van der Waals surface area contributed by atoms with E-state index in [1.165, 1.54) is 0 Å². The fraction of sp³-hybridized carbons (Fsp3) is 0.750. The molecule has 0 rings (SSSR count). The van der Waals surface area contributed by atoms with Gasteiger partial charge in [0.2, 0.25) is 0 Å². The van der Waals surface area contributed by atoms with E-state index in [0.717, 1.165) is 0 Å². The summed E-state index contributed by atoms with van der Waals surface area (Å²) >= 11 is 0. The second-order valence-electron chi connectivity index (χ2n) is 3.90. The molecule has 1 unspecified atom stereocenters. The van der Waals surface area contributed by atoms with Crippen LogP contribution in [0.5, 0.6) is 0 Å². The third kappa shape index (κ3) is 5.54. The molecule has 1 atom stereocenters. The van der Waals surface area contributed by atoms with Crippen molar-refractivity contribution in [2.45, 2.75) is 33.2 Å². The van der Waals surface area contributed by atoms with Crippen molar-refractivity contribution in [3.05, 3.63) is 0 Å². The lowest BCUT2D eigenvalue weighted by atomic mass is 9.88. The van der Waals surface area contributed by atoms with Crippen molar-refractivity contribution >= 4 is 6.09 Å². The molecule has 0 fully saturated rings. The van der Waals surface area contributed by atoms with Crippen LogP contribution in [-0.4, -0.2) is 17.2 Å². The summed E-state index contributed by atoms with van der Waals surface area (Å²) in [7, 11) is 0. The number of hydrogen-bond acceptors (Lipinski definition) is 2. The van der Waals surface area contributed by atoms with Crippen LogP contribution in [0.2, 0.25) is 0 Å². The van der Waals surface area contributed by atoms with E-state index < -0.39 is 12.1 Å². The van der Waals surface area contributed by atoms with Gasteiger partial charge in [0, 0.05) is 0 Å². The lowest BCUT2D eigenvalue weighted by molar-refractivity contribution is 0.189. The van der Waals surface area contributed by atoms with Gasteiger partial charge in [-0.15, -0.1) is 0 Å². The predicted molar refractivity (Wildman–Crippen MR) is 44.6 cm³/mol. The Hall–Kier alpha value is -1.24. The summed E-state index contributed by atoms with van der Waals surface area (Å²) in [4.78, 5) is 10.2. The second-order valence-corrected chi connectivity index (χ2v) is 3.90. The van der Waals surface area contributed by atoms with Gasteiger partial charge in [-0.05, 0) is 11.8 Å². The van der Waals surface area contributed by atoms with Crippen molar-refractivity contribution < 1.29 is 9.90 Å². The Labute approximate surface area is 72.2 Å². The van der Waals surface area contributed by atoms with Gasteiger partial charge in [-0.25, -0.2) is 4.79 Å². The van der Waals surface area contributed by atoms with E-state index >= 15 is 0 Å². The van der Waals surface area contributed by atoms with Crippen molar-refractivity contribution in [3.8, 4) is 6.07 Å². The monoisotopic (exact) mass is 170 g/mol. The first kappa shape index (κ1) is 10.8. The van der Waals surface area contributed by atoms with Crippen LogP contribution in [0.1, 0.15) is 27.2 Å². The van der Waals surface area contributed by atoms with Gasteiger partial charge in [0.25, 0.3) is 0 Å². The average molecular weight is 170 g/mol. The molecule has 1 amide bonds. The minimum atomic E-state index is -1.15. The molecule has 2 N–H and O–H groups in total. The first-order valence-electron chi connectivity index (χ1n) is 3.74. The lowest BCUT2D eigenvalue weighted by Gasteiger charge is -2.21. The van der Waals surface area contributed by atoms with E-state index in [0.29, 0.717) is 6.42 Å². The quantitative estimate of drug-likeness (QED) is 0.660. The largest absolute Gasteiger partial charge is 0.465 e. The van der Waals surface area contributed by atoms with Crippen LogP contribution in [0.4, 0.5) is 4.79 Å². The van der Waals surface area contributed by atoms with Crippen molar-refractivity contribution in [3.63, 3.8) is 0 Å². The Morgan fingerprint density at radius 1 is 1.67 bits per heavy atom. The Morgan fingerprint density at radius 2 is 2.17 bits per heavy atom. The van der Waals surface area contributed by atoms with E-state index in [1.54, 1.807) is 0 Å². The van der Waals surface area contributed by atoms with Crippen LogP contribution < -0.4 is 5.32 Å². The van der Waals surface area contributed by atoms with Gasteiger partial charge in [-0.1, -0.05) is 20.8 Å². The van der Waals surface area contributed by atoms with E-state index in [-0.39, 0.29) is 5.41 Å². The first-order chi connectivity index (χ1) is 5.35. The summed E-state index contributed by atoms with van der Waals surface area (Å²) in [5.74, 6) is 0. The van der Waals surface area contributed by atoms with Crippen LogP contribution in [-0.2, 0) is 0 Å². The fourth-order valence-corrected chi connectivity index (χ4v) is 0.890. The Morgan fingerprint density at radius 3 is 2.42 bits per heavy atom. The summed E-state index contributed by atoms with van der Waals surface area (Å²) < 4.78 is 0. The number of hydrogen-bond donors (Lipinski definition) is 2. The molecule has 0 radical (unpaired) electrons. The highest BCUT2D eigenvalue weighted by molar-refractivity contribution is 5.65. The Bertz CT molecular complexity index is 200. The molecule has 0 aliphatic carbocycles. The molecule has 4 nitrogen and oxygen atoms in total. The molecule has 0 aromatic carbocycles. The first-order valence-corrected chi connectivity index (χ1v) is 3.74. The van der Waals surface area contributed by atoms with Gasteiger partial charge in [0.1, 0.15) is 6.04 Å². The van der Waals surface area contributed by atoms with Crippen molar-refractivity contribution in [2.75, 3.05) is 0 Å². The highest BCUT2D eigenvalue weighted by Crippen LogP contribution is 2.20. The molecule has 0 aromatic rings. The van der Waals surface area contributed by atoms with E-state index in [4.69, 9.17) is 10.4 Å². The van der Waals surface area contributed by atoms with Gasteiger partial charge in [0.15, 0.2) is 0 Å². The number of amides is 1. The summed E-state index contributed by atoms with van der Waals surface area (Å²) in [5.41, 5.74) is -0.0388. The Balaban J connectivity index is 4.03. The molecular weight excluding hydrogens is 156 g/mol. The molecule has 0 saturated carbocycles. The molecule has 0 spiro atoms. The van der Waals surface area contributed by atoms with Crippen LogP contribution in [0.3, 0.4) is 0 Å². The minimum Gasteiger partial charge on any atom is -0.465 e. The number of nitrogens with one attached hydrogen (secondary N) is 1. The van der Waals surface area contributed by atoms with Crippen LogP contribution >= 0.6 is 0 Å². The maximum absolute atomic E-state index is 10.2. The maximum atomic E-state index is 10.2.